The Morgan fingerprint density at radius 2 is 1.62 bits per heavy atom. The van der Waals surface area contributed by atoms with E-state index in [1.54, 1.807) is 0 Å². The number of anilines is 1. The quantitative estimate of drug-likeness (QED) is 0.714. The lowest BCUT2D eigenvalue weighted by atomic mass is 10.1. The molecular weight excluding hydrogens is 386 g/mol. The first-order chi connectivity index (χ1) is 14.2. The summed E-state index contributed by atoms with van der Waals surface area (Å²) >= 11 is 5.94. The predicted molar refractivity (Wildman–Crippen MR) is 115 cm³/mol. The minimum atomic E-state index is -0.0299. The van der Waals surface area contributed by atoms with E-state index in [0.717, 1.165) is 35.7 Å². The molecule has 0 bridgehead atoms. The van der Waals surface area contributed by atoms with Crippen LogP contribution in [0.1, 0.15) is 5.56 Å². The van der Waals surface area contributed by atoms with Gasteiger partial charge in [0.15, 0.2) is 5.82 Å². The maximum Gasteiger partial charge on any atom is 0.317 e. The Bertz CT molecular complexity index is 939. The van der Waals surface area contributed by atoms with E-state index in [1.165, 1.54) is 0 Å². The molecule has 1 N–H and O–H groups in total. The molecule has 0 saturated carbocycles. The minimum Gasteiger partial charge on any atom is -0.352 e. The molecule has 1 aliphatic heterocycles. The molecule has 1 saturated heterocycles. The first-order valence-electron chi connectivity index (χ1n) is 9.60. The number of aromatic nitrogens is 2. The van der Waals surface area contributed by atoms with Crippen LogP contribution < -0.4 is 10.2 Å². The van der Waals surface area contributed by atoms with Gasteiger partial charge in [0.25, 0.3) is 0 Å². The second-order valence-corrected chi connectivity index (χ2v) is 7.34. The molecule has 3 aromatic rings. The third kappa shape index (κ3) is 4.84. The Kier molecular flexibility index (Phi) is 5.91. The van der Waals surface area contributed by atoms with Gasteiger partial charge in [0.05, 0.1) is 5.69 Å². The van der Waals surface area contributed by atoms with Crippen molar-refractivity contribution in [1.82, 2.24) is 20.4 Å². The Balaban J connectivity index is 1.30. The van der Waals surface area contributed by atoms with E-state index in [-0.39, 0.29) is 6.03 Å². The van der Waals surface area contributed by atoms with Gasteiger partial charge >= 0.3 is 6.03 Å². The smallest absolute Gasteiger partial charge is 0.317 e. The number of amides is 2. The zero-order valence-corrected chi connectivity index (χ0v) is 16.7. The third-order valence-electron chi connectivity index (χ3n) is 4.97. The third-order valence-corrected chi connectivity index (χ3v) is 5.22. The fourth-order valence-corrected chi connectivity index (χ4v) is 3.42. The van der Waals surface area contributed by atoms with Crippen molar-refractivity contribution in [3.8, 4) is 11.3 Å². The minimum absolute atomic E-state index is 0.0299. The van der Waals surface area contributed by atoms with Gasteiger partial charge < -0.3 is 15.1 Å². The molecule has 6 nitrogen and oxygen atoms in total. The van der Waals surface area contributed by atoms with Crippen molar-refractivity contribution in [2.24, 2.45) is 0 Å². The van der Waals surface area contributed by atoms with Crippen LogP contribution in [0, 0.1) is 0 Å². The van der Waals surface area contributed by atoms with Gasteiger partial charge in [0, 0.05) is 43.3 Å². The van der Waals surface area contributed by atoms with Gasteiger partial charge in [0.2, 0.25) is 0 Å². The summed E-state index contributed by atoms with van der Waals surface area (Å²) < 4.78 is 0. The molecule has 0 aliphatic carbocycles. The van der Waals surface area contributed by atoms with Crippen molar-refractivity contribution in [2.45, 2.75) is 6.54 Å². The van der Waals surface area contributed by atoms with Gasteiger partial charge in [-0.3, -0.25) is 0 Å². The number of rotatable bonds is 4. The van der Waals surface area contributed by atoms with Gasteiger partial charge in [-0.2, -0.15) is 0 Å². The molecule has 2 aromatic carbocycles. The van der Waals surface area contributed by atoms with Crippen molar-refractivity contribution >= 4 is 23.4 Å². The van der Waals surface area contributed by atoms with E-state index in [0.29, 0.717) is 24.7 Å². The van der Waals surface area contributed by atoms with E-state index in [9.17, 15) is 4.79 Å². The monoisotopic (exact) mass is 407 g/mol. The van der Waals surface area contributed by atoms with Crippen molar-refractivity contribution in [3.63, 3.8) is 0 Å². The average Bonchev–Trinajstić information content (AvgIpc) is 2.79. The summed E-state index contributed by atoms with van der Waals surface area (Å²) in [5.41, 5.74) is 2.88. The summed E-state index contributed by atoms with van der Waals surface area (Å²) in [5, 5.41) is 12.4. The normalized spacial score (nSPS) is 14.0. The molecule has 0 atom stereocenters. The number of hydrogen-bond donors (Lipinski definition) is 1. The largest absolute Gasteiger partial charge is 0.352 e. The summed E-state index contributed by atoms with van der Waals surface area (Å²) in [6.07, 6.45) is 0. The summed E-state index contributed by atoms with van der Waals surface area (Å²) in [7, 11) is 0. The number of urea groups is 1. The molecule has 0 spiro atoms. The maximum absolute atomic E-state index is 12.4. The highest BCUT2D eigenvalue weighted by molar-refractivity contribution is 6.30. The average molecular weight is 408 g/mol. The number of hydrogen-bond acceptors (Lipinski definition) is 4. The first-order valence-corrected chi connectivity index (χ1v) is 9.98. The molecule has 7 heteroatoms. The zero-order chi connectivity index (χ0) is 20.1. The van der Waals surface area contributed by atoms with E-state index >= 15 is 0 Å². The highest BCUT2D eigenvalue weighted by Crippen LogP contribution is 2.21. The Hall–Kier alpha value is -3.12. The van der Waals surface area contributed by atoms with E-state index in [1.807, 2.05) is 71.6 Å². The Morgan fingerprint density at radius 1 is 0.897 bits per heavy atom. The van der Waals surface area contributed by atoms with Crippen LogP contribution in [-0.4, -0.2) is 47.3 Å². The van der Waals surface area contributed by atoms with E-state index in [2.05, 4.69) is 20.4 Å². The molecule has 0 radical (unpaired) electrons. The predicted octanol–water partition coefficient (Wildman–Crippen LogP) is 3.83. The standard InChI is InChI=1S/C22H22ClN5O/c23-19-8-6-18(7-9-19)20-10-11-21(26-25-20)27-12-14-28(15-13-27)22(29)24-16-17-4-2-1-3-5-17/h1-11H,12-16H2,(H,24,29). The lowest BCUT2D eigenvalue weighted by molar-refractivity contribution is 0.194. The number of piperazine rings is 1. The number of benzene rings is 2. The van der Waals surface area contributed by atoms with Gasteiger partial charge in [-0.1, -0.05) is 54.1 Å². The van der Waals surface area contributed by atoms with Crippen molar-refractivity contribution < 1.29 is 4.79 Å². The molecule has 1 fully saturated rings. The van der Waals surface area contributed by atoms with Crippen LogP contribution in [0.2, 0.25) is 5.02 Å². The van der Waals surface area contributed by atoms with Crippen LogP contribution in [0.4, 0.5) is 10.6 Å². The molecule has 4 rings (SSSR count). The van der Waals surface area contributed by atoms with Crippen LogP contribution in [0.15, 0.2) is 66.7 Å². The molecule has 29 heavy (non-hydrogen) atoms. The van der Waals surface area contributed by atoms with Crippen molar-refractivity contribution in [1.29, 1.82) is 0 Å². The zero-order valence-electron chi connectivity index (χ0n) is 16.0. The van der Waals surface area contributed by atoms with Crippen LogP contribution in [0.5, 0.6) is 0 Å². The van der Waals surface area contributed by atoms with Crippen LogP contribution in [-0.2, 0) is 6.54 Å². The lowest BCUT2D eigenvalue weighted by Gasteiger charge is -2.35. The summed E-state index contributed by atoms with van der Waals surface area (Å²) in [4.78, 5) is 16.4. The van der Waals surface area contributed by atoms with Gasteiger partial charge in [-0.05, 0) is 29.8 Å². The molecule has 0 unspecified atom stereocenters. The SMILES string of the molecule is O=C(NCc1ccccc1)N1CCN(c2ccc(-c3ccc(Cl)cc3)nn2)CC1. The molecule has 2 heterocycles. The Labute approximate surface area is 175 Å². The molecular formula is C22H22ClN5O. The van der Waals surface area contributed by atoms with Crippen LogP contribution >= 0.6 is 11.6 Å². The topological polar surface area (TPSA) is 61.4 Å². The van der Waals surface area contributed by atoms with Gasteiger partial charge in [-0.15, -0.1) is 10.2 Å². The highest BCUT2D eigenvalue weighted by atomic mass is 35.5. The van der Waals surface area contributed by atoms with E-state index < -0.39 is 0 Å². The summed E-state index contributed by atoms with van der Waals surface area (Å²) in [6, 6.07) is 21.4. The second kappa shape index (κ2) is 8.92. The number of nitrogens with one attached hydrogen (secondary N) is 1. The fraction of sp³-hybridized carbons (Fsp3) is 0.227. The van der Waals surface area contributed by atoms with Crippen LogP contribution in [0.25, 0.3) is 11.3 Å². The summed E-state index contributed by atoms with van der Waals surface area (Å²) in [6.45, 7) is 3.31. The number of carbonyl (C=O) groups excluding carboxylic acids is 1. The summed E-state index contributed by atoms with van der Waals surface area (Å²) in [5.74, 6) is 0.826. The highest BCUT2D eigenvalue weighted by Gasteiger charge is 2.22. The number of carbonyl (C=O) groups is 1. The Morgan fingerprint density at radius 3 is 2.28 bits per heavy atom. The van der Waals surface area contributed by atoms with E-state index in [4.69, 9.17) is 11.6 Å². The lowest BCUT2D eigenvalue weighted by Crippen LogP contribution is -2.51. The maximum atomic E-state index is 12.4. The fourth-order valence-electron chi connectivity index (χ4n) is 3.29. The molecule has 148 valence electrons. The van der Waals surface area contributed by atoms with Crippen LogP contribution in [0.3, 0.4) is 0 Å². The van der Waals surface area contributed by atoms with Crippen molar-refractivity contribution in [2.75, 3.05) is 31.1 Å². The molecule has 1 aliphatic rings. The number of nitrogens with zero attached hydrogens (tertiary/aromatic N) is 4. The first kappa shape index (κ1) is 19.2. The van der Waals surface area contributed by atoms with Crippen molar-refractivity contribution in [3.05, 3.63) is 77.3 Å². The van der Waals surface area contributed by atoms with Gasteiger partial charge in [0.1, 0.15) is 0 Å². The number of halogens is 1. The van der Waals surface area contributed by atoms with Gasteiger partial charge in [-0.25, -0.2) is 4.79 Å². The molecule has 1 aromatic heterocycles. The second-order valence-electron chi connectivity index (χ2n) is 6.90. The molecule has 2 amide bonds.